The molecule has 1 aliphatic rings. The first kappa shape index (κ1) is 14.6. The standard InChI is InChI=1S/C15H21FN2O2/c1-14(2,3)20-13(19)18-9-15(16,10-18)8-11-4-6-12(17)7-5-11/h4-7H,8-10,17H2,1-3H3. The van der Waals surface area contributed by atoms with Gasteiger partial charge in [0, 0.05) is 12.1 Å². The van der Waals surface area contributed by atoms with E-state index in [1.165, 1.54) is 4.90 Å². The van der Waals surface area contributed by atoms with E-state index in [9.17, 15) is 9.18 Å². The van der Waals surface area contributed by atoms with Crippen LogP contribution in [0.2, 0.25) is 0 Å². The summed E-state index contributed by atoms with van der Waals surface area (Å²) >= 11 is 0. The number of nitrogens with zero attached hydrogens (tertiary/aromatic N) is 1. The highest BCUT2D eigenvalue weighted by molar-refractivity contribution is 5.69. The Kier molecular flexibility index (Phi) is 3.63. The second kappa shape index (κ2) is 4.96. The molecule has 1 fully saturated rings. The molecular weight excluding hydrogens is 259 g/mol. The molecule has 0 bridgehead atoms. The van der Waals surface area contributed by atoms with E-state index in [0.29, 0.717) is 5.69 Å². The van der Waals surface area contributed by atoms with E-state index in [2.05, 4.69) is 0 Å². The van der Waals surface area contributed by atoms with Crippen LogP contribution in [0.25, 0.3) is 0 Å². The van der Waals surface area contributed by atoms with Crippen LogP contribution < -0.4 is 5.73 Å². The third-order valence-corrected chi connectivity index (χ3v) is 3.10. The van der Waals surface area contributed by atoms with Gasteiger partial charge in [-0.25, -0.2) is 9.18 Å². The normalized spacial score (nSPS) is 17.5. The van der Waals surface area contributed by atoms with E-state index in [1.54, 1.807) is 32.9 Å². The van der Waals surface area contributed by atoms with E-state index >= 15 is 0 Å². The SMILES string of the molecule is CC(C)(C)OC(=O)N1CC(F)(Cc2ccc(N)cc2)C1. The fourth-order valence-electron chi connectivity index (χ4n) is 2.21. The monoisotopic (exact) mass is 280 g/mol. The predicted molar refractivity (Wildman–Crippen MR) is 76.2 cm³/mol. The highest BCUT2D eigenvalue weighted by Gasteiger charge is 2.47. The molecule has 1 saturated heterocycles. The molecule has 1 aromatic rings. The number of anilines is 1. The maximum atomic E-state index is 14.5. The van der Waals surface area contributed by atoms with Gasteiger partial charge >= 0.3 is 6.09 Å². The minimum atomic E-state index is -1.37. The molecule has 110 valence electrons. The third kappa shape index (κ3) is 3.62. The van der Waals surface area contributed by atoms with Gasteiger partial charge in [-0.3, -0.25) is 0 Å². The molecule has 0 saturated carbocycles. The smallest absolute Gasteiger partial charge is 0.410 e. The van der Waals surface area contributed by atoms with Crippen LogP contribution in [0.3, 0.4) is 0 Å². The molecule has 1 heterocycles. The summed E-state index contributed by atoms with van der Waals surface area (Å²) in [7, 11) is 0. The van der Waals surface area contributed by atoms with Crippen molar-refractivity contribution < 1.29 is 13.9 Å². The van der Waals surface area contributed by atoms with Crippen molar-refractivity contribution in [3.05, 3.63) is 29.8 Å². The molecular formula is C15H21FN2O2. The average molecular weight is 280 g/mol. The maximum absolute atomic E-state index is 14.5. The summed E-state index contributed by atoms with van der Waals surface area (Å²) in [6.45, 7) is 5.53. The topological polar surface area (TPSA) is 55.6 Å². The van der Waals surface area contributed by atoms with E-state index in [0.717, 1.165) is 5.56 Å². The molecule has 4 nitrogen and oxygen atoms in total. The second-order valence-corrected chi connectivity index (χ2v) is 6.41. The number of hydrogen-bond acceptors (Lipinski definition) is 3. The number of nitrogens with two attached hydrogens (primary N) is 1. The summed E-state index contributed by atoms with van der Waals surface area (Å²) in [5.41, 5.74) is 5.21. The first-order valence-electron chi connectivity index (χ1n) is 6.68. The van der Waals surface area contributed by atoms with Crippen molar-refractivity contribution in [3.63, 3.8) is 0 Å². The van der Waals surface area contributed by atoms with Gasteiger partial charge in [-0.1, -0.05) is 12.1 Å². The quantitative estimate of drug-likeness (QED) is 0.847. The third-order valence-electron chi connectivity index (χ3n) is 3.10. The number of alkyl halides is 1. The molecule has 0 unspecified atom stereocenters. The number of rotatable bonds is 2. The number of halogens is 1. The van der Waals surface area contributed by atoms with Crippen LogP contribution in [-0.4, -0.2) is 35.4 Å². The second-order valence-electron chi connectivity index (χ2n) is 6.41. The number of carbonyl (C=O) groups excluding carboxylic acids is 1. The highest BCUT2D eigenvalue weighted by Crippen LogP contribution is 2.30. The minimum absolute atomic E-state index is 0.0757. The van der Waals surface area contributed by atoms with Gasteiger partial charge < -0.3 is 15.4 Å². The van der Waals surface area contributed by atoms with Gasteiger partial charge in [0.25, 0.3) is 0 Å². The van der Waals surface area contributed by atoms with Crippen LogP contribution in [0.5, 0.6) is 0 Å². The summed E-state index contributed by atoms with van der Waals surface area (Å²) in [6, 6.07) is 7.13. The largest absolute Gasteiger partial charge is 0.444 e. The van der Waals surface area contributed by atoms with Gasteiger partial charge in [0.05, 0.1) is 13.1 Å². The van der Waals surface area contributed by atoms with Crippen molar-refractivity contribution in [2.24, 2.45) is 0 Å². The fraction of sp³-hybridized carbons (Fsp3) is 0.533. The van der Waals surface area contributed by atoms with Crippen molar-refractivity contribution in [3.8, 4) is 0 Å². The molecule has 0 spiro atoms. The minimum Gasteiger partial charge on any atom is -0.444 e. The molecule has 5 heteroatoms. The van der Waals surface area contributed by atoms with E-state index in [-0.39, 0.29) is 19.5 Å². The molecule has 20 heavy (non-hydrogen) atoms. The lowest BCUT2D eigenvalue weighted by atomic mass is 9.89. The lowest BCUT2D eigenvalue weighted by Crippen LogP contribution is -2.62. The highest BCUT2D eigenvalue weighted by atomic mass is 19.1. The summed E-state index contributed by atoms with van der Waals surface area (Å²) in [4.78, 5) is 13.1. The number of amides is 1. The van der Waals surface area contributed by atoms with Gasteiger partial charge in [-0.2, -0.15) is 0 Å². The van der Waals surface area contributed by atoms with Crippen LogP contribution in [-0.2, 0) is 11.2 Å². The van der Waals surface area contributed by atoms with Crippen molar-refractivity contribution in [2.45, 2.75) is 38.5 Å². The average Bonchev–Trinajstić information content (AvgIpc) is 2.26. The molecule has 0 aliphatic carbocycles. The van der Waals surface area contributed by atoms with Gasteiger partial charge in [0.1, 0.15) is 11.3 Å². The zero-order valence-corrected chi connectivity index (χ0v) is 12.1. The Labute approximate surface area is 118 Å². The molecule has 0 radical (unpaired) electrons. The Morgan fingerprint density at radius 2 is 1.90 bits per heavy atom. The number of ether oxygens (including phenoxy) is 1. The number of carbonyl (C=O) groups is 1. The number of nitrogen functional groups attached to an aromatic ring is 1. The molecule has 1 aromatic carbocycles. The maximum Gasteiger partial charge on any atom is 0.410 e. The predicted octanol–water partition coefficient (Wildman–Crippen LogP) is 2.77. The van der Waals surface area contributed by atoms with Gasteiger partial charge in [-0.15, -0.1) is 0 Å². The van der Waals surface area contributed by atoms with Crippen molar-refractivity contribution in [2.75, 3.05) is 18.8 Å². The molecule has 2 N–H and O–H groups in total. The van der Waals surface area contributed by atoms with E-state index in [1.807, 2.05) is 12.1 Å². The van der Waals surface area contributed by atoms with Gasteiger partial charge in [0.15, 0.2) is 0 Å². The Bertz CT molecular complexity index is 488. The van der Waals surface area contributed by atoms with Crippen molar-refractivity contribution >= 4 is 11.8 Å². The zero-order valence-electron chi connectivity index (χ0n) is 12.1. The molecule has 2 rings (SSSR count). The number of hydrogen-bond donors (Lipinski definition) is 1. The van der Waals surface area contributed by atoms with Gasteiger partial charge in [-0.05, 0) is 38.5 Å². The molecule has 0 atom stereocenters. The number of likely N-dealkylation sites (tertiary alicyclic amines) is 1. The van der Waals surface area contributed by atoms with Crippen LogP contribution in [0, 0.1) is 0 Å². The molecule has 1 aliphatic heterocycles. The van der Waals surface area contributed by atoms with Crippen LogP contribution in [0.15, 0.2) is 24.3 Å². The van der Waals surface area contributed by atoms with Crippen molar-refractivity contribution in [1.29, 1.82) is 0 Å². The fourth-order valence-corrected chi connectivity index (χ4v) is 2.21. The Morgan fingerprint density at radius 3 is 2.40 bits per heavy atom. The summed E-state index contributed by atoms with van der Waals surface area (Å²) in [6.07, 6.45) is -0.171. The summed E-state index contributed by atoms with van der Waals surface area (Å²) in [5.74, 6) is 0. The lowest BCUT2D eigenvalue weighted by molar-refractivity contribution is -0.0503. The number of benzene rings is 1. The van der Waals surface area contributed by atoms with Gasteiger partial charge in [0.2, 0.25) is 0 Å². The molecule has 1 amide bonds. The zero-order chi connectivity index (χ0) is 15.0. The Balaban J connectivity index is 1.87. The van der Waals surface area contributed by atoms with Crippen molar-refractivity contribution in [1.82, 2.24) is 4.90 Å². The molecule has 0 aromatic heterocycles. The van der Waals surface area contributed by atoms with E-state index in [4.69, 9.17) is 10.5 Å². The lowest BCUT2D eigenvalue weighted by Gasteiger charge is -2.44. The summed E-state index contributed by atoms with van der Waals surface area (Å²) in [5, 5.41) is 0. The van der Waals surface area contributed by atoms with Crippen LogP contribution in [0.1, 0.15) is 26.3 Å². The summed E-state index contributed by atoms with van der Waals surface area (Å²) < 4.78 is 19.7. The van der Waals surface area contributed by atoms with Crippen LogP contribution in [0.4, 0.5) is 14.9 Å². The first-order valence-corrected chi connectivity index (χ1v) is 6.68. The van der Waals surface area contributed by atoms with E-state index < -0.39 is 17.4 Å². The Hall–Kier alpha value is -1.78. The first-order chi connectivity index (χ1) is 9.17. The van der Waals surface area contributed by atoms with Crippen LogP contribution >= 0.6 is 0 Å². The Morgan fingerprint density at radius 1 is 1.35 bits per heavy atom.